The third kappa shape index (κ3) is 25.1. The fraction of sp³-hybridized carbons (Fsp3) is 0.784. The summed E-state index contributed by atoms with van der Waals surface area (Å²) in [5, 5.41) is 9.51. The van der Waals surface area contributed by atoms with Crippen molar-refractivity contribution in [1.29, 1.82) is 0 Å². The molecule has 0 aromatic rings. The summed E-state index contributed by atoms with van der Waals surface area (Å²) in [6.07, 6.45) is 36.6. The lowest BCUT2D eigenvalue weighted by molar-refractivity contribution is -0.161. The van der Waals surface area contributed by atoms with Crippen molar-refractivity contribution < 1.29 is 28.9 Å². The first-order valence-electron chi connectivity index (χ1n) is 17.7. The van der Waals surface area contributed by atoms with E-state index in [2.05, 4.69) is 50.3 Å². The molecule has 0 aromatic carbocycles. The molecule has 6 heteroatoms. The number of carbonyl (C=O) groups is 2. The number of esters is 2. The number of hydrogen-bond acceptors (Lipinski definition) is 6. The number of ether oxygens (including phenoxy) is 3. The van der Waals surface area contributed by atoms with Crippen molar-refractivity contribution in [3.8, 4) is 0 Å². The predicted molar refractivity (Wildman–Crippen MR) is 177 cm³/mol. The van der Waals surface area contributed by atoms with E-state index >= 15 is 0 Å². The fourth-order valence-electron chi connectivity index (χ4n) is 5.00. The second kappa shape index (κ2) is 28.8. The number of rotatable bonds is 30. The highest BCUT2D eigenvalue weighted by molar-refractivity contribution is 5.70. The summed E-state index contributed by atoms with van der Waals surface area (Å²) in [6.45, 7) is 4.02. The molecule has 0 amide bonds. The standard InChI is InChI=1S/C37H64O6/c1-3-5-7-9-11-13-14-16-18-20-26-30-37(40)42-33(31-38)32-41-36(39)29-25-22-21-24-28-35-34(43-35)27-23-19-17-15-12-10-8-6-4-2/h12,15,19,21,23-24,33-35,38H,3-11,13-14,16-18,20,22,25-32H2,1-2H3/b15-12-,23-19-,24-21-/t33-,34?,35?/m0/s1. The topological polar surface area (TPSA) is 85.4 Å². The van der Waals surface area contributed by atoms with Crippen LogP contribution in [0.25, 0.3) is 0 Å². The van der Waals surface area contributed by atoms with Crippen LogP contribution in [-0.2, 0) is 23.8 Å². The van der Waals surface area contributed by atoms with Crippen LogP contribution >= 0.6 is 0 Å². The Morgan fingerprint density at radius 3 is 1.81 bits per heavy atom. The van der Waals surface area contributed by atoms with Crippen LogP contribution in [0.15, 0.2) is 36.5 Å². The number of allylic oxidation sites excluding steroid dienone is 4. The molecule has 1 saturated heterocycles. The van der Waals surface area contributed by atoms with Crippen molar-refractivity contribution >= 4 is 11.9 Å². The molecule has 1 N–H and O–H groups in total. The van der Waals surface area contributed by atoms with Crippen LogP contribution in [-0.4, -0.2) is 48.6 Å². The average Bonchev–Trinajstić information content (AvgIpc) is 3.76. The van der Waals surface area contributed by atoms with Crippen molar-refractivity contribution in [3.63, 3.8) is 0 Å². The van der Waals surface area contributed by atoms with E-state index in [1.807, 2.05) is 0 Å². The molecule has 6 nitrogen and oxygen atoms in total. The molecular weight excluding hydrogens is 540 g/mol. The predicted octanol–water partition coefficient (Wildman–Crippen LogP) is 9.49. The number of carbonyl (C=O) groups excluding carboxylic acids is 2. The molecule has 0 aliphatic carbocycles. The summed E-state index contributed by atoms with van der Waals surface area (Å²) in [6, 6.07) is 0. The first-order valence-corrected chi connectivity index (χ1v) is 17.7. The molecule has 3 atom stereocenters. The number of epoxide rings is 1. The molecule has 1 aliphatic heterocycles. The third-order valence-corrected chi connectivity index (χ3v) is 7.84. The smallest absolute Gasteiger partial charge is 0.306 e. The highest BCUT2D eigenvalue weighted by Gasteiger charge is 2.35. The molecule has 0 aromatic heterocycles. The molecule has 1 fully saturated rings. The number of unbranched alkanes of at least 4 members (excludes halogenated alkanes) is 14. The third-order valence-electron chi connectivity index (χ3n) is 7.84. The molecule has 0 radical (unpaired) electrons. The lowest BCUT2D eigenvalue weighted by Gasteiger charge is -2.15. The van der Waals surface area contributed by atoms with Crippen molar-refractivity contribution in [2.24, 2.45) is 0 Å². The van der Waals surface area contributed by atoms with Crippen molar-refractivity contribution in [3.05, 3.63) is 36.5 Å². The molecule has 2 unspecified atom stereocenters. The molecule has 0 saturated carbocycles. The minimum atomic E-state index is -0.794. The van der Waals surface area contributed by atoms with Gasteiger partial charge in [-0.15, -0.1) is 0 Å². The second-order valence-corrected chi connectivity index (χ2v) is 12.0. The normalized spacial score (nSPS) is 17.3. The van der Waals surface area contributed by atoms with Crippen molar-refractivity contribution in [2.75, 3.05) is 13.2 Å². The zero-order valence-corrected chi connectivity index (χ0v) is 27.7. The van der Waals surface area contributed by atoms with Crippen LogP contribution in [0.2, 0.25) is 0 Å². The summed E-state index contributed by atoms with van der Waals surface area (Å²) >= 11 is 0. The van der Waals surface area contributed by atoms with Gasteiger partial charge >= 0.3 is 11.9 Å². The molecule has 0 spiro atoms. The maximum Gasteiger partial charge on any atom is 0.306 e. The molecule has 1 heterocycles. The van der Waals surface area contributed by atoms with Crippen LogP contribution in [0, 0.1) is 0 Å². The molecule has 1 aliphatic rings. The fourth-order valence-corrected chi connectivity index (χ4v) is 5.00. The molecule has 1 rings (SSSR count). The molecule has 43 heavy (non-hydrogen) atoms. The highest BCUT2D eigenvalue weighted by atomic mass is 16.6. The zero-order chi connectivity index (χ0) is 31.2. The summed E-state index contributed by atoms with van der Waals surface area (Å²) < 4.78 is 16.3. The Labute approximate surface area is 263 Å². The molecule has 0 bridgehead atoms. The molecular formula is C37H64O6. The summed E-state index contributed by atoms with van der Waals surface area (Å²) in [7, 11) is 0. The van der Waals surface area contributed by atoms with Crippen LogP contribution in [0.4, 0.5) is 0 Å². The quantitative estimate of drug-likeness (QED) is 0.0380. The maximum absolute atomic E-state index is 12.1. The van der Waals surface area contributed by atoms with Crippen LogP contribution in [0.3, 0.4) is 0 Å². The van der Waals surface area contributed by atoms with E-state index in [0.29, 0.717) is 31.5 Å². The SMILES string of the molecule is CCCCC/C=C\C/C=C\CC1OC1C/C=C\CCCC(=O)OC[C@H](CO)OC(=O)CCCCCCCCCCCCC. The van der Waals surface area contributed by atoms with E-state index in [4.69, 9.17) is 14.2 Å². The van der Waals surface area contributed by atoms with E-state index in [1.165, 1.54) is 77.0 Å². The first-order chi connectivity index (χ1) is 21.1. The van der Waals surface area contributed by atoms with Crippen LogP contribution in [0.5, 0.6) is 0 Å². The number of aliphatic hydroxyl groups excluding tert-OH is 1. The largest absolute Gasteiger partial charge is 0.462 e. The second-order valence-electron chi connectivity index (χ2n) is 12.0. The van der Waals surface area contributed by atoms with Gasteiger partial charge in [0, 0.05) is 12.8 Å². The van der Waals surface area contributed by atoms with E-state index in [1.54, 1.807) is 0 Å². The Morgan fingerprint density at radius 2 is 1.16 bits per heavy atom. The lowest BCUT2D eigenvalue weighted by atomic mass is 10.1. The lowest BCUT2D eigenvalue weighted by Crippen LogP contribution is -2.28. The van der Waals surface area contributed by atoms with Gasteiger partial charge in [0.15, 0.2) is 6.10 Å². The van der Waals surface area contributed by atoms with E-state index in [0.717, 1.165) is 44.9 Å². The summed E-state index contributed by atoms with van der Waals surface area (Å²) in [4.78, 5) is 24.1. The average molecular weight is 605 g/mol. The Kier molecular flexibility index (Phi) is 26.2. The molecule has 248 valence electrons. The van der Waals surface area contributed by atoms with Gasteiger partial charge in [0.2, 0.25) is 0 Å². The first kappa shape index (κ1) is 39.1. The van der Waals surface area contributed by atoms with E-state index in [-0.39, 0.29) is 25.2 Å². The Hall–Kier alpha value is -1.92. The van der Waals surface area contributed by atoms with Gasteiger partial charge in [-0.05, 0) is 51.4 Å². The summed E-state index contributed by atoms with van der Waals surface area (Å²) in [5.74, 6) is -0.666. The Morgan fingerprint density at radius 1 is 0.651 bits per heavy atom. The van der Waals surface area contributed by atoms with Crippen molar-refractivity contribution in [1.82, 2.24) is 0 Å². The van der Waals surface area contributed by atoms with Crippen LogP contribution in [0.1, 0.15) is 155 Å². The van der Waals surface area contributed by atoms with Gasteiger partial charge in [-0.3, -0.25) is 9.59 Å². The van der Waals surface area contributed by atoms with Gasteiger partial charge in [0.05, 0.1) is 18.8 Å². The summed E-state index contributed by atoms with van der Waals surface area (Å²) in [5.41, 5.74) is 0. The van der Waals surface area contributed by atoms with E-state index < -0.39 is 6.10 Å². The van der Waals surface area contributed by atoms with Gasteiger partial charge in [0.25, 0.3) is 0 Å². The van der Waals surface area contributed by atoms with Crippen LogP contribution < -0.4 is 0 Å². The monoisotopic (exact) mass is 604 g/mol. The van der Waals surface area contributed by atoms with Gasteiger partial charge in [-0.25, -0.2) is 0 Å². The Bertz CT molecular complexity index is 758. The minimum absolute atomic E-state index is 0.0979. The maximum atomic E-state index is 12.1. The van der Waals surface area contributed by atoms with Gasteiger partial charge in [-0.2, -0.15) is 0 Å². The Balaban J connectivity index is 1.97. The number of aliphatic hydroxyl groups is 1. The van der Waals surface area contributed by atoms with Crippen molar-refractivity contribution in [2.45, 2.75) is 173 Å². The number of hydrogen-bond donors (Lipinski definition) is 1. The van der Waals surface area contributed by atoms with Gasteiger partial charge < -0.3 is 19.3 Å². The highest BCUT2D eigenvalue weighted by Crippen LogP contribution is 2.29. The van der Waals surface area contributed by atoms with E-state index in [9.17, 15) is 14.7 Å². The van der Waals surface area contributed by atoms with Gasteiger partial charge in [-0.1, -0.05) is 127 Å². The van der Waals surface area contributed by atoms with Gasteiger partial charge in [0.1, 0.15) is 6.61 Å². The minimum Gasteiger partial charge on any atom is -0.462 e. The zero-order valence-electron chi connectivity index (χ0n) is 27.7.